The van der Waals surface area contributed by atoms with Gasteiger partial charge in [0.15, 0.2) is 0 Å². The fourth-order valence-corrected chi connectivity index (χ4v) is 5.90. The molecular formula is C31H38ClN3O4S. The summed E-state index contributed by atoms with van der Waals surface area (Å²) < 4.78 is 29.0. The Balaban J connectivity index is 2.07. The lowest BCUT2D eigenvalue weighted by molar-refractivity contribution is -0.140. The number of nitrogens with zero attached hydrogens (tertiary/aromatic N) is 2. The van der Waals surface area contributed by atoms with E-state index in [1.54, 1.807) is 44.2 Å². The number of carbonyl (C=O) groups excluding carboxylic acids is 2. The van der Waals surface area contributed by atoms with Crippen molar-refractivity contribution in [3.8, 4) is 0 Å². The summed E-state index contributed by atoms with van der Waals surface area (Å²) in [5.41, 5.74) is 3.22. The molecular weight excluding hydrogens is 546 g/mol. The van der Waals surface area contributed by atoms with Crippen molar-refractivity contribution in [3.63, 3.8) is 0 Å². The summed E-state index contributed by atoms with van der Waals surface area (Å²) >= 11 is 6.17. The topological polar surface area (TPSA) is 86.8 Å². The molecule has 0 aliphatic rings. The van der Waals surface area contributed by atoms with Gasteiger partial charge in [-0.25, -0.2) is 8.42 Å². The Kier molecular flexibility index (Phi) is 9.69. The number of anilines is 1. The number of halogens is 1. The Labute approximate surface area is 243 Å². The monoisotopic (exact) mass is 583 g/mol. The molecule has 214 valence electrons. The predicted octanol–water partition coefficient (Wildman–Crippen LogP) is 5.79. The van der Waals surface area contributed by atoms with E-state index in [-0.39, 0.29) is 17.3 Å². The minimum Gasteiger partial charge on any atom is -0.350 e. The Bertz CT molecular complexity index is 1460. The van der Waals surface area contributed by atoms with Gasteiger partial charge in [0.2, 0.25) is 11.8 Å². The van der Waals surface area contributed by atoms with Gasteiger partial charge in [-0.15, -0.1) is 0 Å². The average Bonchev–Trinajstić information content (AvgIpc) is 2.86. The Morgan fingerprint density at radius 2 is 1.45 bits per heavy atom. The van der Waals surface area contributed by atoms with Gasteiger partial charge in [-0.2, -0.15) is 0 Å². The molecule has 0 saturated heterocycles. The molecule has 7 nitrogen and oxygen atoms in total. The van der Waals surface area contributed by atoms with Crippen molar-refractivity contribution in [2.24, 2.45) is 0 Å². The average molecular weight is 584 g/mol. The lowest BCUT2D eigenvalue weighted by Gasteiger charge is -2.34. The van der Waals surface area contributed by atoms with Crippen LogP contribution >= 0.6 is 11.6 Å². The van der Waals surface area contributed by atoms with Gasteiger partial charge in [-0.1, -0.05) is 59.1 Å². The summed E-state index contributed by atoms with van der Waals surface area (Å²) in [4.78, 5) is 28.7. The second-order valence-corrected chi connectivity index (χ2v) is 13.5. The summed E-state index contributed by atoms with van der Waals surface area (Å²) in [5, 5.41) is 3.38. The van der Waals surface area contributed by atoms with Crippen LogP contribution in [0.15, 0.2) is 71.6 Å². The molecule has 0 heterocycles. The van der Waals surface area contributed by atoms with Crippen LogP contribution in [0.1, 0.15) is 49.9 Å². The fraction of sp³-hybridized carbons (Fsp3) is 0.355. The summed E-state index contributed by atoms with van der Waals surface area (Å²) in [6.45, 7) is 12.5. The lowest BCUT2D eigenvalue weighted by Crippen LogP contribution is -2.54. The van der Waals surface area contributed by atoms with Crippen molar-refractivity contribution < 1.29 is 18.0 Å². The van der Waals surface area contributed by atoms with Crippen molar-refractivity contribution in [1.82, 2.24) is 10.2 Å². The zero-order valence-corrected chi connectivity index (χ0v) is 25.7. The molecule has 0 bridgehead atoms. The normalized spacial score (nSPS) is 12.5. The highest BCUT2D eigenvalue weighted by Gasteiger charge is 2.34. The number of benzene rings is 3. The molecule has 0 spiro atoms. The van der Waals surface area contributed by atoms with Gasteiger partial charge in [0.25, 0.3) is 10.0 Å². The Morgan fingerprint density at radius 1 is 0.900 bits per heavy atom. The van der Waals surface area contributed by atoms with E-state index in [9.17, 15) is 18.0 Å². The third kappa shape index (κ3) is 7.86. The zero-order chi connectivity index (χ0) is 29.8. The molecule has 0 fully saturated rings. The molecule has 3 rings (SSSR count). The van der Waals surface area contributed by atoms with Crippen LogP contribution in [0.5, 0.6) is 0 Å². The second kappa shape index (κ2) is 12.4. The van der Waals surface area contributed by atoms with Crippen molar-refractivity contribution in [1.29, 1.82) is 0 Å². The van der Waals surface area contributed by atoms with Gasteiger partial charge in [-0.3, -0.25) is 13.9 Å². The van der Waals surface area contributed by atoms with Crippen molar-refractivity contribution >= 4 is 39.1 Å². The smallest absolute Gasteiger partial charge is 0.264 e. The third-order valence-electron chi connectivity index (χ3n) is 6.45. The van der Waals surface area contributed by atoms with E-state index in [1.807, 2.05) is 58.9 Å². The highest BCUT2D eigenvalue weighted by molar-refractivity contribution is 7.92. The van der Waals surface area contributed by atoms with Crippen LogP contribution in [0, 0.1) is 20.8 Å². The number of hydrogen-bond acceptors (Lipinski definition) is 4. The maximum absolute atomic E-state index is 14.0. The highest BCUT2D eigenvalue weighted by Crippen LogP contribution is 2.29. The molecule has 9 heteroatoms. The first-order chi connectivity index (χ1) is 18.6. The van der Waals surface area contributed by atoms with Crippen LogP contribution in [0.2, 0.25) is 5.02 Å². The van der Waals surface area contributed by atoms with Crippen LogP contribution in [-0.2, 0) is 26.2 Å². The van der Waals surface area contributed by atoms with Crippen molar-refractivity contribution in [2.75, 3.05) is 10.8 Å². The minimum absolute atomic E-state index is 0.0591. The van der Waals surface area contributed by atoms with Crippen LogP contribution in [0.4, 0.5) is 5.69 Å². The molecule has 1 unspecified atom stereocenters. The van der Waals surface area contributed by atoms with Crippen molar-refractivity contribution in [3.05, 3.63) is 94.0 Å². The molecule has 0 radical (unpaired) electrons. The van der Waals surface area contributed by atoms with Crippen LogP contribution < -0.4 is 9.62 Å². The second-order valence-electron chi connectivity index (χ2n) is 11.2. The zero-order valence-electron chi connectivity index (χ0n) is 24.2. The fourth-order valence-electron chi connectivity index (χ4n) is 4.20. The number of sulfonamides is 1. The van der Waals surface area contributed by atoms with Gasteiger partial charge in [-0.05, 0) is 89.9 Å². The SMILES string of the molecule is Cc1ccc(CN(C(=O)CN(c2ccc(Cl)cc2C)S(=O)(=O)c2ccc(C)cc2)C(C)C(=O)NC(C)(C)C)cc1. The molecule has 3 aromatic carbocycles. The number of nitrogens with one attached hydrogen (secondary N) is 1. The Hall–Kier alpha value is -3.36. The standard InChI is InChI=1S/C31H38ClN3O4S/c1-21-8-12-25(13-9-21)19-34(24(4)30(37)33-31(5,6)7)29(36)20-35(28-17-14-26(32)18-23(28)3)40(38,39)27-15-10-22(2)11-16-27/h8-18,24H,19-20H2,1-7H3,(H,33,37). The van der Waals surface area contributed by atoms with Crippen LogP contribution in [-0.4, -0.2) is 43.3 Å². The van der Waals surface area contributed by atoms with E-state index in [1.165, 1.54) is 17.0 Å². The van der Waals surface area contributed by atoms with E-state index in [4.69, 9.17) is 11.6 Å². The van der Waals surface area contributed by atoms with Gasteiger partial charge >= 0.3 is 0 Å². The van der Waals surface area contributed by atoms with Gasteiger partial charge in [0.05, 0.1) is 10.6 Å². The third-order valence-corrected chi connectivity index (χ3v) is 8.46. The van der Waals surface area contributed by atoms with Crippen LogP contribution in [0.3, 0.4) is 0 Å². The van der Waals surface area contributed by atoms with Crippen molar-refractivity contribution in [2.45, 2.75) is 71.5 Å². The Morgan fingerprint density at radius 3 is 1.98 bits per heavy atom. The molecule has 1 N–H and O–H groups in total. The summed E-state index contributed by atoms with van der Waals surface area (Å²) in [6.07, 6.45) is 0. The molecule has 1 atom stereocenters. The van der Waals surface area contributed by atoms with Gasteiger partial charge < -0.3 is 10.2 Å². The van der Waals surface area contributed by atoms with E-state index in [0.29, 0.717) is 16.3 Å². The van der Waals surface area contributed by atoms with Gasteiger partial charge in [0.1, 0.15) is 12.6 Å². The summed E-state index contributed by atoms with van der Waals surface area (Å²) in [5.74, 6) is -0.842. The van der Waals surface area contributed by atoms with E-state index in [2.05, 4.69) is 5.32 Å². The largest absolute Gasteiger partial charge is 0.350 e. The number of rotatable bonds is 9. The predicted molar refractivity (Wildman–Crippen MR) is 161 cm³/mol. The first-order valence-electron chi connectivity index (χ1n) is 13.1. The van der Waals surface area contributed by atoms with E-state index < -0.39 is 34.1 Å². The number of amides is 2. The summed E-state index contributed by atoms with van der Waals surface area (Å²) in [7, 11) is -4.15. The number of hydrogen-bond donors (Lipinski definition) is 1. The summed E-state index contributed by atoms with van der Waals surface area (Å²) in [6, 6.07) is 18.1. The van der Waals surface area contributed by atoms with Gasteiger partial charge in [0, 0.05) is 17.1 Å². The molecule has 0 aromatic heterocycles. The highest BCUT2D eigenvalue weighted by atomic mass is 35.5. The number of carbonyl (C=O) groups is 2. The molecule has 0 aliphatic carbocycles. The maximum Gasteiger partial charge on any atom is 0.264 e. The lowest BCUT2D eigenvalue weighted by atomic mass is 10.1. The van der Waals surface area contributed by atoms with E-state index >= 15 is 0 Å². The molecule has 3 aromatic rings. The molecule has 40 heavy (non-hydrogen) atoms. The minimum atomic E-state index is -4.15. The van der Waals surface area contributed by atoms with E-state index in [0.717, 1.165) is 21.0 Å². The molecule has 0 aliphatic heterocycles. The molecule has 0 saturated carbocycles. The first kappa shape index (κ1) is 31.2. The van der Waals surface area contributed by atoms with Crippen LogP contribution in [0.25, 0.3) is 0 Å². The number of aryl methyl sites for hydroxylation is 3. The maximum atomic E-state index is 14.0. The molecule has 2 amide bonds. The quantitative estimate of drug-likeness (QED) is 0.345. The first-order valence-corrected chi connectivity index (χ1v) is 14.9.